The summed E-state index contributed by atoms with van der Waals surface area (Å²) < 4.78 is 67.7. The van der Waals surface area contributed by atoms with E-state index in [0.29, 0.717) is 17.5 Å². The van der Waals surface area contributed by atoms with Crippen molar-refractivity contribution < 1.29 is 21.6 Å². The number of hydrogen-bond acceptors (Lipinski definition) is 4. The summed E-state index contributed by atoms with van der Waals surface area (Å²) in [6, 6.07) is 11.3. The van der Waals surface area contributed by atoms with Crippen LogP contribution in [-0.2, 0) is 22.7 Å². The number of piperazine rings is 1. The third-order valence-corrected chi connectivity index (χ3v) is 6.79. The fraction of sp³-hybridized carbons (Fsp3) is 0.300. The van der Waals surface area contributed by atoms with Crippen molar-refractivity contribution in [1.29, 1.82) is 0 Å². The van der Waals surface area contributed by atoms with Crippen molar-refractivity contribution in [2.75, 3.05) is 26.2 Å². The first-order valence-corrected chi connectivity index (χ1v) is 10.7. The Hall–Kier alpha value is -2.36. The summed E-state index contributed by atoms with van der Waals surface area (Å²) in [6.07, 6.45) is -3.24. The number of hydrogen-bond donors (Lipinski definition) is 1. The van der Waals surface area contributed by atoms with E-state index in [0.717, 1.165) is 42.3 Å². The topological polar surface area (TPSA) is 54.3 Å². The quantitative estimate of drug-likeness (QED) is 0.700. The molecule has 1 aliphatic heterocycles. The summed E-state index contributed by atoms with van der Waals surface area (Å²) in [6.45, 7) is 3.32. The summed E-state index contributed by atoms with van der Waals surface area (Å²) in [7, 11) is -4.01. The molecule has 0 saturated carbocycles. The lowest BCUT2D eigenvalue weighted by Crippen LogP contribution is -2.42. The summed E-state index contributed by atoms with van der Waals surface area (Å²) in [4.78, 5) is 2.09. The van der Waals surface area contributed by atoms with E-state index in [2.05, 4.69) is 10.2 Å². The number of nitrogens with one attached hydrogen (secondary N) is 1. The van der Waals surface area contributed by atoms with Crippen LogP contribution >= 0.6 is 0 Å². The van der Waals surface area contributed by atoms with Crippen LogP contribution in [0.25, 0.3) is 10.9 Å². The normalized spacial score (nSPS) is 16.4. The number of aromatic nitrogens is 1. The molecule has 154 valence electrons. The van der Waals surface area contributed by atoms with E-state index in [1.54, 1.807) is 24.3 Å². The molecule has 0 atom stereocenters. The molecule has 29 heavy (non-hydrogen) atoms. The average molecular weight is 423 g/mol. The Bertz CT molecular complexity index is 1120. The summed E-state index contributed by atoms with van der Waals surface area (Å²) >= 11 is 0. The van der Waals surface area contributed by atoms with Gasteiger partial charge >= 0.3 is 6.18 Å². The minimum absolute atomic E-state index is 0.0265. The maximum absolute atomic E-state index is 13.5. The number of halogens is 3. The second kappa shape index (κ2) is 7.47. The van der Waals surface area contributed by atoms with Crippen LogP contribution < -0.4 is 5.32 Å². The lowest BCUT2D eigenvalue weighted by molar-refractivity contribution is -0.137. The summed E-state index contributed by atoms with van der Waals surface area (Å²) in [5.41, 5.74) is -0.342. The Balaban J connectivity index is 1.87. The van der Waals surface area contributed by atoms with Gasteiger partial charge in [0.05, 0.1) is 16.0 Å². The predicted octanol–water partition coefficient (Wildman–Crippen LogP) is 3.30. The van der Waals surface area contributed by atoms with E-state index in [4.69, 9.17) is 0 Å². The number of rotatable bonds is 4. The van der Waals surface area contributed by atoms with Gasteiger partial charge in [0.15, 0.2) is 0 Å². The third-order valence-electron chi connectivity index (χ3n) is 5.09. The molecule has 2 heterocycles. The number of benzene rings is 2. The Labute approximate surface area is 166 Å². The molecule has 0 radical (unpaired) electrons. The molecule has 9 heteroatoms. The highest BCUT2D eigenvalue weighted by molar-refractivity contribution is 7.90. The summed E-state index contributed by atoms with van der Waals surface area (Å²) in [5.74, 6) is 0. The Kier molecular flexibility index (Phi) is 5.14. The molecular formula is C20H20F3N3O2S. The number of fused-ring (bicyclic) bond motifs is 1. The Morgan fingerprint density at radius 2 is 1.69 bits per heavy atom. The highest BCUT2D eigenvalue weighted by Crippen LogP contribution is 2.35. The van der Waals surface area contributed by atoms with Crippen LogP contribution in [0.15, 0.2) is 59.6 Å². The van der Waals surface area contributed by atoms with Crippen LogP contribution in [0.4, 0.5) is 13.2 Å². The Morgan fingerprint density at radius 3 is 2.34 bits per heavy atom. The standard InChI is InChI=1S/C20H20F3N3O2S/c21-20(22,23)16-12-15(14-25-10-7-24-8-11-25)18-6-9-26(19(18)13-16)29(27,28)17-4-2-1-3-5-17/h1-6,9,12-13,24H,7-8,10-11,14H2. The van der Waals surface area contributed by atoms with E-state index in [1.165, 1.54) is 18.3 Å². The molecule has 0 unspecified atom stereocenters. The van der Waals surface area contributed by atoms with Gasteiger partial charge in [0, 0.05) is 44.3 Å². The van der Waals surface area contributed by atoms with E-state index >= 15 is 0 Å². The highest BCUT2D eigenvalue weighted by Gasteiger charge is 2.33. The van der Waals surface area contributed by atoms with E-state index in [-0.39, 0.29) is 10.4 Å². The van der Waals surface area contributed by atoms with Crippen molar-refractivity contribution in [1.82, 2.24) is 14.2 Å². The monoisotopic (exact) mass is 423 g/mol. The van der Waals surface area contributed by atoms with Gasteiger partial charge in [-0.1, -0.05) is 18.2 Å². The largest absolute Gasteiger partial charge is 0.416 e. The predicted molar refractivity (Wildman–Crippen MR) is 104 cm³/mol. The lowest BCUT2D eigenvalue weighted by Gasteiger charge is -2.27. The molecule has 5 nitrogen and oxygen atoms in total. The Morgan fingerprint density at radius 1 is 1.00 bits per heavy atom. The molecule has 2 aromatic carbocycles. The van der Waals surface area contributed by atoms with Gasteiger partial charge in [0.25, 0.3) is 10.0 Å². The van der Waals surface area contributed by atoms with Gasteiger partial charge < -0.3 is 5.32 Å². The smallest absolute Gasteiger partial charge is 0.314 e. The second-order valence-corrected chi connectivity index (χ2v) is 8.84. The highest BCUT2D eigenvalue weighted by atomic mass is 32.2. The molecule has 0 amide bonds. The van der Waals surface area contributed by atoms with Crippen molar-refractivity contribution in [2.24, 2.45) is 0 Å². The molecular weight excluding hydrogens is 403 g/mol. The van der Waals surface area contributed by atoms with Gasteiger partial charge in [0.2, 0.25) is 0 Å². The zero-order valence-corrected chi connectivity index (χ0v) is 16.3. The van der Waals surface area contributed by atoms with Crippen molar-refractivity contribution in [3.63, 3.8) is 0 Å². The van der Waals surface area contributed by atoms with Gasteiger partial charge in [-0.25, -0.2) is 12.4 Å². The van der Waals surface area contributed by atoms with Gasteiger partial charge in [-0.2, -0.15) is 13.2 Å². The van der Waals surface area contributed by atoms with Crippen LogP contribution in [0.3, 0.4) is 0 Å². The minimum atomic E-state index is -4.57. The molecule has 0 spiro atoms. The zero-order valence-electron chi connectivity index (χ0n) is 15.5. The minimum Gasteiger partial charge on any atom is -0.314 e. The van der Waals surface area contributed by atoms with E-state index in [9.17, 15) is 21.6 Å². The van der Waals surface area contributed by atoms with Crippen LogP contribution in [0.2, 0.25) is 0 Å². The van der Waals surface area contributed by atoms with Crippen molar-refractivity contribution in [3.05, 3.63) is 65.9 Å². The first-order chi connectivity index (χ1) is 13.8. The van der Waals surface area contributed by atoms with Crippen LogP contribution in [-0.4, -0.2) is 43.5 Å². The van der Waals surface area contributed by atoms with E-state index in [1.807, 2.05) is 0 Å². The van der Waals surface area contributed by atoms with Crippen molar-refractivity contribution in [2.45, 2.75) is 17.6 Å². The number of nitrogens with zero attached hydrogens (tertiary/aromatic N) is 2. The molecule has 3 aromatic rings. The second-order valence-electron chi connectivity index (χ2n) is 7.02. The van der Waals surface area contributed by atoms with Crippen LogP contribution in [0, 0.1) is 0 Å². The van der Waals surface area contributed by atoms with E-state index < -0.39 is 21.8 Å². The maximum Gasteiger partial charge on any atom is 0.416 e. The molecule has 0 aliphatic carbocycles. The average Bonchev–Trinajstić information content (AvgIpc) is 3.14. The fourth-order valence-corrected chi connectivity index (χ4v) is 4.97. The SMILES string of the molecule is O=S(=O)(c1ccccc1)n1ccc2c(CN3CCNCC3)cc(C(F)(F)F)cc21. The maximum atomic E-state index is 13.5. The lowest BCUT2D eigenvalue weighted by atomic mass is 10.0. The molecule has 4 rings (SSSR count). The third kappa shape index (κ3) is 3.90. The molecule has 1 saturated heterocycles. The van der Waals surface area contributed by atoms with Crippen molar-refractivity contribution in [3.8, 4) is 0 Å². The van der Waals surface area contributed by atoms with Crippen LogP contribution in [0.1, 0.15) is 11.1 Å². The first-order valence-electron chi connectivity index (χ1n) is 9.22. The van der Waals surface area contributed by atoms with Crippen molar-refractivity contribution >= 4 is 20.9 Å². The summed E-state index contributed by atoms with van der Waals surface area (Å²) in [5, 5.41) is 3.72. The number of alkyl halides is 3. The fourth-order valence-electron chi connectivity index (χ4n) is 3.61. The van der Waals surface area contributed by atoms with Crippen LogP contribution in [0.5, 0.6) is 0 Å². The molecule has 1 aromatic heterocycles. The van der Waals surface area contributed by atoms with Gasteiger partial charge in [-0.3, -0.25) is 4.90 Å². The first kappa shape index (κ1) is 19.9. The van der Waals surface area contributed by atoms with Gasteiger partial charge in [-0.05, 0) is 35.9 Å². The molecule has 0 bridgehead atoms. The molecule has 1 fully saturated rings. The zero-order chi connectivity index (χ0) is 20.6. The van der Waals surface area contributed by atoms with Gasteiger partial charge in [-0.15, -0.1) is 0 Å². The molecule has 1 N–H and O–H groups in total. The molecule has 1 aliphatic rings. The van der Waals surface area contributed by atoms with Gasteiger partial charge in [0.1, 0.15) is 0 Å².